The van der Waals surface area contributed by atoms with Gasteiger partial charge in [-0.05, 0) is 35.0 Å². The second-order valence-corrected chi connectivity index (χ2v) is 6.29. The minimum absolute atomic E-state index is 0.288. The number of nitrogens with one attached hydrogen (secondary N) is 3. The fraction of sp³-hybridized carbons (Fsp3) is 0.118. The van der Waals surface area contributed by atoms with Crippen LogP contribution in [0.1, 0.15) is 17.3 Å². The Morgan fingerprint density at radius 1 is 1.22 bits per heavy atom. The molecule has 3 N–H and O–H groups in total. The second kappa shape index (κ2) is 8.41. The van der Waals surface area contributed by atoms with Crippen LogP contribution in [0.4, 0.5) is 16.3 Å². The van der Waals surface area contributed by atoms with Gasteiger partial charge in [-0.2, -0.15) is 5.10 Å². The molecule has 0 aliphatic rings. The maximum Gasteiger partial charge on any atom is 0.320 e. The van der Waals surface area contributed by atoms with Crippen LogP contribution in [0.25, 0.3) is 5.69 Å². The standard InChI is InChI=1S/C17H16BrN7O2/c1-2-20-17(27)24-15-6-14(25-10-11(18)7-22-25)13(9-21-15)16(26)23-12-4-3-5-19-8-12/h3-10H,2H2,1H3,(H,23,26)(H2,20,21,24,27). The molecule has 10 heteroatoms. The molecule has 0 aliphatic carbocycles. The molecule has 0 fully saturated rings. The molecular formula is C17H16BrN7O2. The first-order valence-corrected chi connectivity index (χ1v) is 8.83. The summed E-state index contributed by atoms with van der Waals surface area (Å²) >= 11 is 3.34. The van der Waals surface area contributed by atoms with Crippen LogP contribution >= 0.6 is 15.9 Å². The van der Waals surface area contributed by atoms with Crippen molar-refractivity contribution in [3.05, 3.63) is 59.2 Å². The van der Waals surface area contributed by atoms with E-state index in [4.69, 9.17) is 0 Å². The van der Waals surface area contributed by atoms with Crippen LogP contribution in [0.2, 0.25) is 0 Å². The Labute approximate surface area is 163 Å². The van der Waals surface area contributed by atoms with Gasteiger partial charge in [0.2, 0.25) is 0 Å². The molecule has 9 nitrogen and oxygen atoms in total. The number of rotatable bonds is 5. The van der Waals surface area contributed by atoms with Gasteiger partial charge in [-0.15, -0.1) is 0 Å². The van der Waals surface area contributed by atoms with Gasteiger partial charge in [0.1, 0.15) is 5.82 Å². The number of nitrogens with zero attached hydrogens (tertiary/aromatic N) is 4. The van der Waals surface area contributed by atoms with Crippen molar-refractivity contribution in [2.24, 2.45) is 0 Å². The molecular weight excluding hydrogens is 414 g/mol. The van der Waals surface area contributed by atoms with Gasteiger partial charge in [-0.3, -0.25) is 15.1 Å². The molecule has 0 saturated heterocycles. The van der Waals surface area contributed by atoms with Gasteiger partial charge in [-0.1, -0.05) is 0 Å². The van der Waals surface area contributed by atoms with Crippen molar-refractivity contribution in [2.75, 3.05) is 17.2 Å². The lowest BCUT2D eigenvalue weighted by Crippen LogP contribution is -2.28. The van der Waals surface area contributed by atoms with Crippen molar-refractivity contribution in [2.45, 2.75) is 6.92 Å². The zero-order chi connectivity index (χ0) is 19.2. The molecule has 0 aliphatic heterocycles. The first-order chi connectivity index (χ1) is 13.1. The smallest absolute Gasteiger partial charge is 0.320 e. The van der Waals surface area contributed by atoms with Crippen molar-refractivity contribution < 1.29 is 9.59 Å². The minimum atomic E-state index is -0.384. The van der Waals surface area contributed by atoms with E-state index >= 15 is 0 Å². The monoisotopic (exact) mass is 429 g/mol. The SMILES string of the molecule is CCNC(=O)Nc1cc(-n2cc(Br)cn2)c(C(=O)Nc2cccnc2)cn1. The summed E-state index contributed by atoms with van der Waals surface area (Å²) in [6.45, 7) is 2.29. The van der Waals surface area contributed by atoms with E-state index in [1.807, 2.05) is 6.92 Å². The number of aromatic nitrogens is 4. The van der Waals surface area contributed by atoms with Crippen LogP contribution in [0.5, 0.6) is 0 Å². The Morgan fingerprint density at radius 3 is 2.74 bits per heavy atom. The number of pyridine rings is 2. The van der Waals surface area contributed by atoms with Crippen molar-refractivity contribution >= 4 is 39.4 Å². The highest BCUT2D eigenvalue weighted by Crippen LogP contribution is 2.20. The topological polar surface area (TPSA) is 114 Å². The molecule has 27 heavy (non-hydrogen) atoms. The van der Waals surface area contributed by atoms with E-state index in [2.05, 4.69) is 46.9 Å². The van der Waals surface area contributed by atoms with Gasteiger partial charge in [0.25, 0.3) is 5.91 Å². The molecule has 3 aromatic heterocycles. The number of urea groups is 1. The fourth-order valence-corrected chi connectivity index (χ4v) is 2.55. The molecule has 0 radical (unpaired) electrons. The zero-order valence-corrected chi connectivity index (χ0v) is 15.9. The van der Waals surface area contributed by atoms with Crippen molar-refractivity contribution in [3.63, 3.8) is 0 Å². The Morgan fingerprint density at radius 2 is 2.07 bits per heavy atom. The average molecular weight is 430 g/mol. The minimum Gasteiger partial charge on any atom is -0.338 e. The fourth-order valence-electron chi connectivity index (χ4n) is 2.27. The molecule has 138 valence electrons. The molecule has 0 unspecified atom stereocenters. The Kier molecular flexibility index (Phi) is 5.77. The van der Waals surface area contributed by atoms with Crippen LogP contribution < -0.4 is 16.0 Å². The highest BCUT2D eigenvalue weighted by Gasteiger charge is 2.17. The summed E-state index contributed by atoms with van der Waals surface area (Å²) < 4.78 is 2.27. The van der Waals surface area contributed by atoms with Gasteiger partial charge in [0.15, 0.2) is 0 Å². The summed E-state index contributed by atoms with van der Waals surface area (Å²) in [5, 5.41) is 12.2. The van der Waals surface area contributed by atoms with Crippen LogP contribution in [0, 0.1) is 0 Å². The highest BCUT2D eigenvalue weighted by molar-refractivity contribution is 9.10. The molecule has 0 bridgehead atoms. The number of carbonyl (C=O) groups is 2. The molecule has 3 heterocycles. The normalized spacial score (nSPS) is 10.3. The van der Waals surface area contributed by atoms with E-state index in [0.717, 1.165) is 4.47 Å². The number of carbonyl (C=O) groups excluding carboxylic acids is 2. The quantitative estimate of drug-likeness (QED) is 0.576. The predicted molar refractivity (Wildman–Crippen MR) is 104 cm³/mol. The summed E-state index contributed by atoms with van der Waals surface area (Å²) in [5.74, 6) is -0.0813. The molecule has 0 spiro atoms. The zero-order valence-electron chi connectivity index (χ0n) is 14.3. The third kappa shape index (κ3) is 4.67. The maximum atomic E-state index is 12.7. The maximum absolute atomic E-state index is 12.7. The van der Waals surface area contributed by atoms with Crippen LogP contribution in [0.3, 0.4) is 0 Å². The van der Waals surface area contributed by atoms with Gasteiger partial charge < -0.3 is 10.6 Å². The largest absolute Gasteiger partial charge is 0.338 e. The Balaban J connectivity index is 1.94. The molecule has 3 aromatic rings. The summed E-state index contributed by atoms with van der Waals surface area (Å²) in [7, 11) is 0. The van der Waals surface area contributed by atoms with E-state index in [9.17, 15) is 9.59 Å². The first kappa shape index (κ1) is 18.5. The third-order valence-electron chi connectivity index (χ3n) is 3.42. The van der Waals surface area contributed by atoms with Crippen molar-refractivity contribution in [3.8, 4) is 5.69 Å². The van der Waals surface area contributed by atoms with Gasteiger partial charge in [0, 0.05) is 31.2 Å². The van der Waals surface area contributed by atoms with Crippen molar-refractivity contribution in [1.29, 1.82) is 0 Å². The van der Waals surface area contributed by atoms with Gasteiger partial charge in [0.05, 0.1) is 33.8 Å². The lowest BCUT2D eigenvalue weighted by molar-refractivity contribution is 0.102. The van der Waals surface area contributed by atoms with Crippen LogP contribution in [-0.2, 0) is 0 Å². The molecule has 0 atom stereocenters. The molecule has 0 aromatic carbocycles. The molecule has 3 rings (SSSR count). The summed E-state index contributed by atoms with van der Waals surface area (Å²) in [5.41, 5.74) is 1.31. The molecule has 3 amide bonds. The van der Waals surface area contributed by atoms with E-state index in [0.29, 0.717) is 23.7 Å². The van der Waals surface area contributed by atoms with Crippen molar-refractivity contribution in [1.82, 2.24) is 25.1 Å². The van der Waals surface area contributed by atoms with Gasteiger partial charge >= 0.3 is 6.03 Å². The number of amides is 3. The van der Waals surface area contributed by atoms with E-state index in [1.54, 1.807) is 43.0 Å². The highest BCUT2D eigenvalue weighted by atomic mass is 79.9. The number of halogens is 1. The third-order valence-corrected chi connectivity index (χ3v) is 3.83. The second-order valence-electron chi connectivity index (χ2n) is 5.37. The summed E-state index contributed by atoms with van der Waals surface area (Å²) in [4.78, 5) is 32.6. The van der Waals surface area contributed by atoms with Gasteiger partial charge in [-0.25, -0.2) is 14.5 Å². The number of hydrogen-bond donors (Lipinski definition) is 3. The first-order valence-electron chi connectivity index (χ1n) is 8.03. The van der Waals surface area contributed by atoms with Crippen LogP contribution in [-0.4, -0.2) is 38.2 Å². The average Bonchev–Trinajstić information content (AvgIpc) is 3.09. The van der Waals surface area contributed by atoms with E-state index in [1.165, 1.54) is 10.9 Å². The van der Waals surface area contributed by atoms with E-state index in [-0.39, 0.29) is 17.5 Å². The number of anilines is 2. The summed E-state index contributed by atoms with van der Waals surface area (Å²) in [6, 6.07) is 4.64. The lowest BCUT2D eigenvalue weighted by Gasteiger charge is -2.12. The molecule has 0 saturated carbocycles. The Hall–Kier alpha value is -3.27. The lowest BCUT2D eigenvalue weighted by atomic mass is 10.2. The number of hydrogen-bond acceptors (Lipinski definition) is 5. The van der Waals surface area contributed by atoms with E-state index < -0.39 is 0 Å². The van der Waals surface area contributed by atoms with Crippen LogP contribution in [0.15, 0.2) is 53.7 Å². The Bertz CT molecular complexity index is 959. The predicted octanol–water partition coefficient (Wildman–Crippen LogP) is 2.82. The summed E-state index contributed by atoms with van der Waals surface area (Å²) in [6.07, 6.45) is 7.84.